The number of carbonyl (C=O) groups is 1. The SMILES string of the molecule is CC(C)c1cc(C(C)C)c(C(=O)SCCN(C)C)c(C(C)C)c1. The molecule has 0 radical (unpaired) electrons. The molecule has 0 amide bonds. The smallest absolute Gasteiger partial charge is 0.219 e. The fourth-order valence-corrected chi connectivity index (χ4v) is 3.61. The number of hydrogen-bond donors (Lipinski definition) is 0. The number of nitrogens with zero attached hydrogens (tertiary/aromatic N) is 1. The molecular formula is C20H33NOS. The van der Waals surface area contributed by atoms with Gasteiger partial charge in [-0.05, 0) is 48.5 Å². The van der Waals surface area contributed by atoms with Crippen LogP contribution in [0.25, 0.3) is 0 Å². The summed E-state index contributed by atoms with van der Waals surface area (Å²) in [6.45, 7) is 14.1. The molecule has 0 saturated heterocycles. The van der Waals surface area contributed by atoms with Gasteiger partial charge in [0.25, 0.3) is 0 Å². The van der Waals surface area contributed by atoms with E-state index in [4.69, 9.17) is 0 Å². The lowest BCUT2D eigenvalue weighted by Crippen LogP contribution is -2.17. The number of benzene rings is 1. The van der Waals surface area contributed by atoms with Gasteiger partial charge in [0.2, 0.25) is 5.12 Å². The second-order valence-electron chi connectivity index (χ2n) is 7.48. The van der Waals surface area contributed by atoms with Crippen LogP contribution in [0.5, 0.6) is 0 Å². The van der Waals surface area contributed by atoms with Gasteiger partial charge >= 0.3 is 0 Å². The largest absolute Gasteiger partial charge is 0.309 e. The Balaban J connectivity index is 3.28. The lowest BCUT2D eigenvalue weighted by molar-refractivity contribution is 0.108. The van der Waals surface area contributed by atoms with Gasteiger partial charge in [0, 0.05) is 17.9 Å². The van der Waals surface area contributed by atoms with Gasteiger partial charge in [-0.3, -0.25) is 4.79 Å². The number of rotatable bonds is 7. The lowest BCUT2D eigenvalue weighted by atomic mass is 9.85. The Kier molecular flexibility index (Phi) is 7.82. The Labute approximate surface area is 147 Å². The maximum atomic E-state index is 12.9. The van der Waals surface area contributed by atoms with Crippen molar-refractivity contribution >= 4 is 16.9 Å². The minimum Gasteiger partial charge on any atom is -0.309 e. The van der Waals surface area contributed by atoms with Gasteiger partial charge in [-0.25, -0.2) is 0 Å². The highest BCUT2D eigenvalue weighted by atomic mass is 32.2. The van der Waals surface area contributed by atoms with Gasteiger partial charge < -0.3 is 4.90 Å². The minimum atomic E-state index is 0.231. The molecule has 0 heterocycles. The van der Waals surface area contributed by atoms with Gasteiger partial charge in [-0.2, -0.15) is 0 Å². The normalized spacial score (nSPS) is 12.0. The molecule has 0 unspecified atom stereocenters. The molecule has 0 N–H and O–H groups in total. The quantitative estimate of drug-likeness (QED) is 0.657. The van der Waals surface area contributed by atoms with Crippen molar-refractivity contribution in [2.45, 2.75) is 59.3 Å². The van der Waals surface area contributed by atoms with E-state index in [0.29, 0.717) is 17.8 Å². The van der Waals surface area contributed by atoms with Gasteiger partial charge in [0.1, 0.15) is 0 Å². The summed E-state index contributed by atoms with van der Waals surface area (Å²) < 4.78 is 0. The maximum Gasteiger partial charge on any atom is 0.219 e. The molecule has 0 spiro atoms. The molecule has 0 atom stereocenters. The molecule has 130 valence electrons. The molecular weight excluding hydrogens is 302 g/mol. The van der Waals surface area contributed by atoms with Crippen LogP contribution in [0, 0.1) is 0 Å². The molecule has 1 rings (SSSR count). The fourth-order valence-electron chi connectivity index (χ4n) is 2.58. The van der Waals surface area contributed by atoms with E-state index in [2.05, 4.69) is 58.6 Å². The third-order valence-electron chi connectivity index (χ3n) is 4.11. The topological polar surface area (TPSA) is 20.3 Å². The molecule has 23 heavy (non-hydrogen) atoms. The van der Waals surface area contributed by atoms with Crippen LogP contribution in [0.2, 0.25) is 0 Å². The van der Waals surface area contributed by atoms with Crippen molar-refractivity contribution in [3.05, 3.63) is 34.4 Å². The van der Waals surface area contributed by atoms with E-state index in [1.807, 2.05) is 14.1 Å². The van der Waals surface area contributed by atoms with E-state index < -0.39 is 0 Å². The summed E-state index contributed by atoms with van der Waals surface area (Å²) in [6.07, 6.45) is 0. The molecule has 0 aliphatic carbocycles. The third-order valence-corrected chi connectivity index (χ3v) is 4.96. The van der Waals surface area contributed by atoms with Crippen LogP contribution in [-0.2, 0) is 0 Å². The molecule has 1 aromatic carbocycles. The van der Waals surface area contributed by atoms with E-state index in [1.165, 1.54) is 28.5 Å². The lowest BCUT2D eigenvalue weighted by Gasteiger charge is -2.22. The molecule has 0 fully saturated rings. The van der Waals surface area contributed by atoms with Crippen LogP contribution >= 0.6 is 11.8 Å². The first-order valence-corrected chi connectivity index (χ1v) is 9.63. The predicted octanol–water partition coefficient (Wildman–Crippen LogP) is 5.49. The number of hydrogen-bond acceptors (Lipinski definition) is 3. The highest BCUT2D eigenvalue weighted by molar-refractivity contribution is 8.14. The molecule has 3 heteroatoms. The standard InChI is InChI=1S/C20H33NOS/c1-13(2)16-11-17(14(3)4)19(18(12-16)15(5)6)20(22)23-10-9-21(7)8/h11-15H,9-10H2,1-8H3. The first kappa shape index (κ1) is 20.2. The van der Waals surface area contributed by atoms with Gasteiger partial charge in [0.15, 0.2) is 0 Å². The van der Waals surface area contributed by atoms with E-state index >= 15 is 0 Å². The van der Waals surface area contributed by atoms with Crippen LogP contribution in [-0.4, -0.2) is 36.4 Å². The molecule has 0 saturated carbocycles. The Hall–Kier alpha value is -0.800. The highest BCUT2D eigenvalue weighted by Crippen LogP contribution is 2.34. The van der Waals surface area contributed by atoms with E-state index in [9.17, 15) is 4.79 Å². The van der Waals surface area contributed by atoms with Crippen molar-refractivity contribution in [2.75, 3.05) is 26.4 Å². The Bertz CT molecular complexity index is 503. The van der Waals surface area contributed by atoms with Gasteiger partial charge in [0.05, 0.1) is 0 Å². The first-order valence-electron chi connectivity index (χ1n) is 8.64. The summed E-state index contributed by atoms with van der Waals surface area (Å²) in [5.74, 6) is 2.04. The zero-order valence-corrected chi connectivity index (χ0v) is 16.9. The number of carbonyl (C=O) groups excluding carboxylic acids is 1. The second kappa shape index (κ2) is 8.89. The molecule has 2 nitrogen and oxygen atoms in total. The Morgan fingerprint density at radius 1 is 0.957 bits per heavy atom. The highest BCUT2D eigenvalue weighted by Gasteiger charge is 2.22. The summed E-state index contributed by atoms with van der Waals surface area (Å²) in [7, 11) is 4.09. The summed E-state index contributed by atoms with van der Waals surface area (Å²) >= 11 is 1.45. The van der Waals surface area contributed by atoms with E-state index in [1.54, 1.807) is 0 Å². The average Bonchev–Trinajstić information content (AvgIpc) is 2.44. The average molecular weight is 336 g/mol. The van der Waals surface area contributed by atoms with Crippen molar-refractivity contribution in [3.63, 3.8) is 0 Å². The Morgan fingerprint density at radius 3 is 1.78 bits per heavy atom. The van der Waals surface area contributed by atoms with Crippen molar-refractivity contribution in [3.8, 4) is 0 Å². The zero-order valence-electron chi connectivity index (χ0n) is 16.1. The van der Waals surface area contributed by atoms with Crippen LogP contribution in [0.3, 0.4) is 0 Å². The second-order valence-corrected chi connectivity index (χ2v) is 8.55. The van der Waals surface area contributed by atoms with Crippen LogP contribution < -0.4 is 0 Å². The zero-order chi connectivity index (χ0) is 17.7. The monoisotopic (exact) mass is 335 g/mol. The van der Waals surface area contributed by atoms with Crippen molar-refractivity contribution < 1.29 is 4.79 Å². The fraction of sp³-hybridized carbons (Fsp3) is 0.650. The predicted molar refractivity (Wildman–Crippen MR) is 104 cm³/mol. The molecule has 1 aromatic rings. The third kappa shape index (κ3) is 5.65. The van der Waals surface area contributed by atoms with Crippen LogP contribution in [0.15, 0.2) is 12.1 Å². The van der Waals surface area contributed by atoms with Crippen molar-refractivity contribution in [1.82, 2.24) is 4.90 Å². The number of thioether (sulfide) groups is 1. The van der Waals surface area contributed by atoms with Crippen LogP contribution in [0.4, 0.5) is 0 Å². The maximum absolute atomic E-state index is 12.9. The van der Waals surface area contributed by atoms with Crippen molar-refractivity contribution in [2.24, 2.45) is 0 Å². The minimum absolute atomic E-state index is 0.231. The summed E-state index contributed by atoms with van der Waals surface area (Å²) in [6, 6.07) is 4.50. The molecule has 0 aliphatic rings. The van der Waals surface area contributed by atoms with Gasteiger partial charge in [-0.1, -0.05) is 65.4 Å². The summed E-state index contributed by atoms with van der Waals surface area (Å²) in [5, 5.41) is 0.231. The molecule has 0 aliphatic heterocycles. The van der Waals surface area contributed by atoms with E-state index in [0.717, 1.165) is 17.9 Å². The first-order chi connectivity index (χ1) is 10.6. The summed E-state index contributed by atoms with van der Waals surface area (Å²) in [4.78, 5) is 15.0. The van der Waals surface area contributed by atoms with Crippen LogP contribution in [0.1, 0.15) is 86.3 Å². The summed E-state index contributed by atoms with van der Waals surface area (Å²) in [5.41, 5.74) is 4.72. The molecule has 0 aromatic heterocycles. The van der Waals surface area contributed by atoms with Crippen molar-refractivity contribution in [1.29, 1.82) is 0 Å². The van der Waals surface area contributed by atoms with E-state index in [-0.39, 0.29) is 5.12 Å². The Morgan fingerprint density at radius 2 is 1.43 bits per heavy atom. The van der Waals surface area contributed by atoms with Gasteiger partial charge in [-0.15, -0.1) is 0 Å². The molecule has 0 bridgehead atoms.